The zero-order valence-corrected chi connectivity index (χ0v) is 9.50. The number of hydrogen-bond donors (Lipinski definition) is 4. The molecule has 0 saturated heterocycles. The number of benzene rings is 1. The van der Waals surface area contributed by atoms with Crippen LogP contribution in [0, 0.1) is 11.3 Å². The van der Waals surface area contributed by atoms with Crippen molar-refractivity contribution in [3.05, 3.63) is 35.4 Å². The fourth-order valence-corrected chi connectivity index (χ4v) is 1.44. The van der Waals surface area contributed by atoms with Crippen LogP contribution < -0.4 is 11.1 Å². The second-order valence-electron chi connectivity index (χ2n) is 3.74. The minimum atomic E-state index is -0.965. The van der Waals surface area contributed by atoms with Crippen LogP contribution in [-0.4, -0.2) is 36.0 Å². The normalized spacial score (nSPS) is 14.0. The van der Waals surface area contributed by atoms with Crippen LogP contribution in [0.4, 0.5) is 0 Å². The Kier molecular flexibility index (Phi) is 5.60. The standard InChI is InChI=1S/C12H17N3O2/c13-5-6-15-8-11(16)12(17)10-3-1-9(7-14)2-4-10/h1-4,11-12,15-17H,5-6,8,13H2. The van der Waals surface area contributed by atoms with Gasteiger partial charge in [0.05, 0.1) is 17.7 Å². The number of aliphatic hydroxyl groups is 2. The Morgan fingerprint density at radius 2 is 1.94 bits per heavy atom. The van der Waals surface area contributed by atoms with Crippen LogP contribution in [0.1, 0.15) is 17.2 Å². The van der Waals surface area contributed by atoms with Crippen molar-refractivity contribution >= 4 is 0 Å². The van der Waals surface area contributed by atoms with Crippen LogP contribution in [0.5, 0.6) is 0 Å². The first kappa shape index (κ1) is 13.6. The largest absolute Gasteiger partial charge is 0.389 e. The lowest BCUT2D eigenvalue weighted by Crippen LogP contribution is -2.34. The van der Waals surface area contributed by atoms with Crippen LogP contribution >= 0.6 is 0 Å². The lowest BCUT2D eigenvalue weighted by Gasteiger charge is -2.18. The van der Waals surface area contributed by atoms with E-state index >= 15 is 0 Å². The first-order chi connectivity index (χ1) is 8.19. The Balaban J connectivity index is 2.55. The van der Waals surface area contributed by atoms with Crippen molar-refractivity contribution in [2.45, 2.75) is 12.2 Å². The SMILES string of the molecule is N#Cc1ccc(C(O)C(O)CNCCN)cc1. The summed E-state index contributed by atoms with van der Waals surface area (Å²) in [4.78, 5) is 0. The molecule has 0 fully saturated rings. The van der Waals surface area contributed by atoms with Gasteiger partial charge in [0.15, 0.2) is 0 Å². The third-order valence-corrected chi connectivity index (χ3v) is 2.42. The van der Waals surface area contributed by atoms with E-state index in [1.807, 2.05) is 6.07 Å². The Morgan fingerprint density at radius 1 is 1.29 bits per heavy atom. The molecule has 1 aromatic rings. The molecule has 0 spiro atoms. The summed E-state index contributed by atoms with van der Waals surface area (Å²) < 4.78 is 0. The van der Waals surface area contributed by atoms with Crippen molar-refractivity contribution in [2.75, 3.05) is 19.6 Å². The van der Waals surface area contributed by atoms with Crippen molar-refractivity contribution < 1.29 is 10.2 Å². The van der Waals surface area contributed by atoms with Gasteiger partial charge in [-0.2, -0.15) is 5.26 Å². The molecule has 92 valence electrons. The summed E-state index contributed by atoms with van der Waals surface area (Å²) >= 11 is 0. The van der Waals surface area contributed by atoms with Gasteiger partial charge in [-0.15, -0.1) is 0 Å². The van der Waals surface area contributed by atoms with E-state index in [9.17, 15) is 10.2 Å². The van der Waals surface area contributed by atoms with Gasteiger partial charge in [0.2, 0.25) is 0 Å². The molecule has 0 aromatic heterocycles. The summed E-state index contributed by atoms with van der Waals surface area (Å²) in [5.74, 6) is 0. The van der Waals surface area contributed by atoms with Crippen LogP contribution in [0.3, 0.4) is 0 Å². The summed E-state index contributed by atoms with van der Waals surface area (Å²) in [5.41, 5.74) is 6.41. The number of nitrogens with one attached hydrogen (secondary N) is 1. The van der Waals surface area contributed by atoms with Crippen LogP contribution in [0.25, 0.3) is 0 Å². The molecule has 1 aromatic carbocycles. The summed E-state index contributed by atoms with van der Waals surface area (Å²) in [7, 11) is 0. The first-order valence-electron chi connectivity index (χ1n) is 5.46. The summed E-state index contributed by atoms with van der Waals surface area (Å²) in [6.45, 7) is 1.36. The average molecular weight is 235 g/mol. The van der Waals surface area contributed by atoms with Crippen molar-refractivity contribution in [2.24, 2.45) is 5.73 Å². The predicted octanol–water partition coefficient (Wildman–Crippen LogP) is -0.499. The Bertz CT molecular complexity index is 372. The molecule has 0 saturated carbocycles. The molecule has 5 heteroatoms. The van der Waals surface area contributed by atoms with Gasteiger partial charge in [-0.3, -0.25) is 0 Å². The third kappa shape index (κ3) is 4.13. The Hall–Kier alpha value is -1.45. The molecule has 0 heterocycles. The molecule has 2 unspecified atom stereocenters. The maximum absolute atomic E-state index is 9.85. The lowest BCUT2D eigenvalue weighted by atomic mass is 10.0. The molecule has 0 radical (unpaired) electrons. The van der Waals surface area contributed by atoms with Crippen LogP contribution in [0.15, 0.2) is 24.3 Å². The minimum absolute atomic E-state index is 0.276. The third-order valence-electron chi connectivity index (χ3n) is 2.42. The second-order valence-corrected chi connectivity index (χ2v) is 3.74. The van der Waals surface area contributed by atoms with E-state index in [4.69, 9.17) is 11.0 Å². The molecule has 1 rings (SSSR count). The van der Waals surface area contributed by atoms with E-state index < -0.39 is 12.2 Å². The van der Waals surface area contributed by atoms with E-state index in [2.05, 4.69) is 5.32 Å². The maximum Gasteiger partial charge on any atom is 0.106 e. The highest BCUT2D eigenvalue weighted by Gasteiger charge is 2.17. The summed E-state index contributed by atoms with van der Waals surface area (Å²) in [6, 6.07) is 8.48. The van der Waals surface area contributed by atoms with Crippen LogP contribution in [-0.2, 0) is 0 Å². The quantitative estimate of drug-likeness (QED) is 0.498. The van der Waals surface area contributed by atoms with Crippen molar-refractivity contribution in [3.8, 4) is 6.07 Å². The number of aliphatic hydroxyl groups excluding tert-OH is 2. The topological polar surface area (TPSA) is 102 Å². The number of rotatable bonds is 6. The molecule has 0 aliphatic carbocycles. The van der Waals surface area contributed by atoms with Gasteiger partial charge in [0.25, 0.3) is 0 Å². The van der Waals surface area contributed by atoms with E-state index in [-0.39, 0.29) is 6.54 Å². The zero-order valence-electron chi connectivity index (χ0n) is 9.50. The average Bonchev–Trinajstić information content (AvgIpc) is 2.38. The molecule has 17 heavy (non-hydrogen) atoms. The highest BCUT2D eigenvalue weighted by Crippen LogP contribution is 2.16. The van der Waals surface area contributed by atoms with E-state index in [1.54, 1.807) is 24.3 Å². The fraction of sp³-hybridized carbons (Fsp3) is 0.417. The highest BCUT2D eigenvalue weighted by molar-refractivity contribution is 5.32. The van der Waals surface area contributed by atoms with E-state index in [0.29, 0.717) is 24.2 Å². The molecular weight excluding hydrogens is 218 g/mol. The van der Waals surface area contributed by atoms with E-state index in [0.717, 1.165) is 0 Å². The molecule has 0 aliphatic heterocycles. The summed E-state index contributed by atoms with van der Waals surface area (Å²) in [5, 5.41) is 31.1. The molecule has 0 amide bonds. The van der Waals surface area contributed by atoms with Gasteiger partial charge in [-0.1, -0.05) is 12.1 Å². The maximum atomic E-state index is 9.85. The molecule has 2 atom stereocenters. The summed E-state index contributed by atoms with van der Waals surface area (Å²) in [6.07, 6.45) is -1.86. The lowest BCUT2D eigenvalue weighted by molar-refractivity contribution is 0.0194. The predicted molar refractivity (Wildman–Crippen MR) is 64.0 cm³/mol. The monoisotopic (exact) mass is 235 g/mol. The van der Waals surface area contributed by atoms with Crippen molar-refractivity contribution in [3.63, 3.8) is 0 Å². The Morgan fingerprint density at radius 3 is 2.47 bits per heavy atom. The number of nitrogens with two attached hydrogens (primary N) is 1. The molecule has 5 N–H and O–H groups in total. The van der Waals surface area contributed by atoms with Gasteiger partial charge in [0.1, 0.15) is 6.10 Å². The molecular formula is C12H17N3O2. The molecule has 0 bridgehead atoms. The molecule has 5 nitrogen and oxygen atoms in total. The number of hydrogen-bond acceptors (Lipinski definition) is 5. The van der Waals surface area contributed by atoms with Gasteiger partial charge in [0, 0.05) is 19.6 Å². The van der Waals surface area contributed by atoms with Gasteiger partial charge >= 0.3 is 0 Å². The zero-order chi connectivity index (χ0) is 12.7. The van der Waals surface area contributed by atoms with Crippen molar-refractivity contribution in [1.82, 2.24) is 5.32 Å². The first-order valence-corrected chi connectivity index (χ1v) is 5.46. The van der Waals surface area contributed by atoms with Crippen LogP contribution in [0.2, 0.25) is 0 Å². The molecule has 0 aliphatic rings. The van der Waals surface area contributed by atoms with E-state index in [1.165, 1.54) is 0 Å². The second kappa shape index (κ2) is 6.99. The van der Waals surface area contributed by atoms with Gasteiger partial charge in [-0.25, -0.2) is 0 Å². The number of nitrogens with zero attached hydrogens (tertiary/aromatic N) is 1. The Labute approximate surface area is 100 Å². The van der Waals surface area contributed by atoms with Gasteiger partial charge in [-0.05, 0) is 17.7 Å². The minimum Gasteiger partial charge on any atom is -0.389 e. The van der Waals surface area contributed by atoms with Gasteiger partial charge < -0.3 is 21.3 Å². The van der Waals surface area contributed by atoms with Crippen molar-refractivity contribution in [1.29, 1.82) is 5.26 Å². The fourth-order valence-electron chi connectivity index (χ4n) is 1.44. The number of nitriles is 1. The highest BCUT2D eigenvalue weighted by atomic mass is 16.3. The smallest absolute Gasteiger partial charge is 0.106 e.